The summed E-state index contributed by atoms with van der Waals surface area (Å²) in [5, 5.41) is 5.09. The number of hydrogen-bond acceptors (Lipinski definition) is 5. The Morgan fingerprint density at radius 1 is 1.28 bits per heavy atom. The molecular weight excluding hydrogens is 394 g/mol. The number of carbonyl (C=O) groups excluding carboxylic acids is 4. The third kappa shape index (κ3) is 4.56. The van der Waals surface area contributed by atoms with E-state index in [1.807, 2.05) is 0 Å². The van der Waals surface area contributed by atoms with Gasteiger partial charge in [-0.3, -0.25) is 19.3 Å². The normalized spacial score (nSPS) is 19.6. The van der Waals surface area contributed by atoms with E-state index in [1.165, 1.54) is 0 Å². The average molecular weight is 412 g/mol. The largest absolute Gasteiger partial charge is 0.454 e. The van der Waals surface area contributed by atoms with Crippen LogP contribution >= 0.6 is 15.9 Å². The van der Waals surface area contributed by atoms with Crippen LogP contribution in [0.15, 0.2) is 28.7 Å². The van der Waals surface area contributed by atoms with Gasteiger partial charge in [-0.05, 0) is 37.6 Å². The lowest BCUT2D eigenvalue weighted by molar-refractivity contribution is -0.150. The molecule has 1 aliphatic heterocycles. The van der Waals surface area contributed by atoms with Crippen molar-refractivity contribution < 1.29 is 23.9 Å². The number of ether oxygens (including phenoxy) is 1. The molecule has 1 aromatic carbocycles. The van der Waals surface area contributed by atoms with E-state index in [-0.39, 0.29) is 0 Å². The predicted molar refractivity (Wildman–Crippen MR) is 92.7 cm³/mol. The Balaban J connectivity index is 1.82. The molecule has 2 N–H and O–H groups in total. The highest BCUT2D eigenvalue weighted by Gasteiger charge is 2.47. The second-order valence-corrected chi connectivity index (χ2v) is 6.64. The monoisotopic (exact) mass is 411 g/mol. The smallest absolute Gasteiger partial charge is 0.326 e. The summed E-state index contributed by atoms with van der Waals surface area (Å²) in [6.45, 7) is 2.30. The van der Waals surface area contributed by atoms with Gasteiger partial charge in [-0.15, -0.1) is 0 Å². The third-order valence-electron chi connectivity index (χ3n) is 3.83. The molecule has 0 aliphatic carbocycles. The molecule has 1 aliphatic rings. The van der Waals surface area contributed by atoms with Crippen molar-refractivity contribution in [2.24, 2.45) is 0 Å². The third-order valence-corrected chi connectivity index (χ3v) is 4.36. The fourth-order valence-electron chi connectivity index (χ4n) is 2.18. The fraction of sp³-hybridized carbons (Fsp3) is 0.375. The van der Waals surface area contributed by atoms with Crippen LogP contribution in [0.4, 0.5) is 10.5 Å². The molecule has 1 saturated heterocycles. The Hall–Kier alpha value is -2.42. The molecule has 0 saturated carbocycles. The first-order valence-electron chi connectivity index (χ1n) is 7.60. The highest BCUT2D eigenvalue weighted by Crippen LogP contribution is 2.20. The molecule has 0 bridgehead atoms. The van der Waals surface area contributed by atoms with Crippen LogP contribution in [0, 0.1) is 0 Å². The zero-order valence-corrected chi connectivity index (χ0v) is 15.4. The summed E-state index contributed by atoms with van der Waals surface area (Å²) >= 11 is 3.28. The van der Waals surface area contributed by atoms with Gasteiger partial charge in [0.15, 0.2) is 6.61 Å². The van der Waals surface area contributed by atoms with Crippen LogP contribution in [-0.4, -0.2) is 47.4 Å². The average Bonchev–Trinajstić information content (AvgIpc) is 2.79. The molecule has 0 unspecified atom stereocenters. The van der Waals surface area contributed by atoms with Crippen molar-refractivity contribution in [1.29, 1.82) is 0 Å². The molecule has 25 heavy (non-hydrogen) atoms. The zero-order valence-electron chi connectivity index (χ0n) is 13.8. The van der Waals surface area contributed by atoms with Gasteiger partial charge >= 0.3 is 12.0 Å². The van der Waals surface area contributed by atoms with Gasteiger partial charge in [0, 0.05) is 10.2 Å². The van der Waals surface area contributed by atoms with Crippen LogP contribution in [0.5, 0.6) is 0 Å². The number of halogens is 1. The van der Waals surface area contributed by atoms with Crippen LogP contribution in [0.1, 0.15) is 20.3 Å². The van der Waals surface area contributed by atoms with Gasteiger partial charge in [0.05, 0.1) is 0 Å². The van der Waals surface area contributed by atoms with Crippen molar-refractivity contribution in [2.45, 2.75) is 25.8 Å². The van der Waals surface area contributed by atoms with Crippen molar-refractivity contribution in [1.82, 2.24) is 10.2 Å². The number of carbonyl (C=O) groups is 4. The summed E-state index contributed by atoms with van der Waals surface area (Å²) in [5.41, 5.74) is -0.465. The maximum atomic E-state index is 12.2. The fourth-order valence-corrected chi connectivity index (χ4v) is 2.45. The summed E-state index contributed by atoms with van der Waals surface area (Å²) in [7, 11) is 0. The van der Waals surface area contributed by atoms with Gasteiger partial charge in [-0.2, -0.15) is 0 Å². The minimum Gasteiger partial charge on any atom is -0.454 e. The van der Waals surface area contributed by atoms with Crippen molar-refractivity contribution in [3.8, 4) is 0 Å². The molecule has 9 heteroatoms. The summed E-state index contributed by atoms with van der Waals surface area (Å²) in [6.07, 6.45) is 0.402. The van der Waals surface area contributed by atoms with Gasteiger partial charge < -0.3 is 15.4 Å². The summed E-state index contributed by atoms with van der Waals surface area (Å²) in [5.74, 6) is -1.85. The summed E-state index contributed by atoms with van der Waals surface area (Å²) in [4.78, 5) is 48.3. The first kappa shape index (κ1) is 18.9. The topological polar surface area (TPSA) is 105 Å². The predicted octanol–water partition coefficient (Wildman–Crippen LogP) is 1.65. The van der Waals surface area contributed by atoms with Crippen molar-refractivity contribution in [2.75, 3.05) is 18.5 Å². The molecule has 0 radical (unpaired) electrons. The van der Waals surface area contributed by atoms with Gasteiger partial charge in [-0.1, -0.05) is 22.9 Å². The van der Waals surface area contributed by atoms with E-state index in [9.17, 15) is 19.2 Å². The summed E-state index contributed by atoms with van der Waals surface area (Å²) in [6, 6.07) is 6.23. The number of nitrogens with one attached hydrogen (secondary N) is 2. The lowest BCUT2D eigenvalue weighted by atomic mass is 9.99. The standard InChI is InChI=1S/C16H18BrN3O5/c1-3-16(2)14(23)20(15(24)19-16)8-13(22)25-9-12(21)18-11-6-4-10(17)5-7-11/h4-7H,3,8-9H2,1-2H3,(H,18,21)(H,19,24)/t16-/m0/s1. The number of anilines is 1. The van der Waals surface area contributed by atoms with Gasteiger partial charge in [0.1, 0.15) is 12.1 Å². The second kappa shape index (κ2) is 7.64. The quantitative estimate of drug-likeness (QED) is 0.546. The maximum absolute atomic E-state index is 12.2. The minimum absolute atomic E-state index is 0.402. The number of nitrogens with zero attached hydrogens (tertiary/aromatic N) is 1. The van der Waals surface area contributed by atoms with Crippen molar-refractivity contribution >= 4 is 45.4 Å². The number of urea groups is 1. The number of imide groups is 1. The van der Waals surface area contributed by atoms with E-state index < -0.39 is 42.5 Å². The molecule has 1 aromatic rings. The van der Waals surface area contributed by atoms with E-state index in [4.69, 9.17) is 4.74 Å². The first-order chi connectivity index (χ1) is 11.7. The minimum atomic E-state index is -1.02. The van der Waals surface area contributed by atoms with Crippen molar-refractivity contribution in [3.05, 3.63) is 28.7 Å². The second-order valence-electron chi connectivity index (χ2n) is 5.72. The van der Waals surface area contributed by atoms with Crippen LogP contribution in [0.25, 0.3) is 0 Å². The highest BCUT2D eigenvalue weighted by molar-refractivity contribution is 9.10. The Morgan fingerprint density at radius 3 is 2.48 bits per heavy atom. The molecule has 0 spiro atoms. The molecule has 1 fully saturated rings. The van der Waals surface area contributed by atoms with Gasteiger partial charge in [0.2, 0.25) is 0 Å². The highest BCUT2D eigenvalue weighted by atomic mass is 79.9. The molecule has 8 nitrogen and oxygen atoms in total. The molecule has 1 heterocycles. The van der Waals surface area contributed by atoms with Crippen molar-refractivity contribution in [3.63, 3.8) is 0 Å². The Bertz CT molecular complexity index is 706. The number of amides is 4. The Morgan fingerprint density at radius 2 is 1.92 bits per heavy atom. The van der Waals surface area contributed by atoms with E-state index in [1.54, 1.807) is 38.1 Å². The van der Waals surface area contributed by atoms with E-state index in [0.717, 1.165) is 9.37 Å². The lowest BCUT2D eigenvalue weighted by Crippen LogP contribution is -2.43. The Labute approximate surface area is 153 Å². The number of rotatable bonds is 6. The molecule has 134 valence electrons. The maximum Gasteiger partial charge on any atom is 0.326 e. The molecular formula is C16H18BrN3O5. The Kier molecular flexibility index (Phi) is 5.78. The van der Waals surface area contributed by atoms with Crippen LogP contribution in [0.2, 0.25) is 0 Å². The molecule has 4 amide bonds. The van der Waals surface area contributed by atoms with E-state index in [2.05, 4.69) is 26.6 Å². The van der Waals surface area contributed by atoms with E-state index in [0.29, 0.717) is 12.1 Å². The number of esters is 1. The zero-order chi connectivity index (χ0) is 18.6. The first-order valence-corrected chi connectivity index (χ1v) is 8.39. The molecule has 1 atom stereocenters. The number of benzene rings is 1. The van der Waals surface area contributed by atoms with Gasteiger partial charge in [0.25, 0.3) is 11.8 Å². The molecule has 2 rings (SSSR count). The number of hydrogen-bond donors (Lipinski definition) is 2. The van der Waals surface area contributed by atoms with Crippen LogP contribution in [0.3, 0.4) is 0 Å². The summed E-state index contributed by atoms with van der Waals surface area (Å²) < 4.78 is 5.69. The van der Waals surface area contributed by atoms with E-state index >= 15 is 0 Å². The molecule has 0 aromatic heterocycles. The van der Waals surface area contributed by atoms with Crippen LogP contribution < -0.4 is 10.6 Å². The lowest BCUT2D eigenvalue weighted by Gasteiger charge is -2.18. The van der Waals surface area contributed by atoms with Crippen LogP contribution in [-0.2, 0) is 19.1 Å². The SMILES string of the molecule is CC[C@]1(C)NC(=O)N(CC(=O)OCC(=O)Nc2ccc(Br)cc2)C1=O. The van der Waals surface area contributed by atoms with Gasteiger partial charge in [-0.25, -0.2) is 4.79 Å².